The van der Waals surface area contributed by atoms with E-state index >= 15 is 4.39 Å². The van der Waals surface area contributed by atoms with Crippen molar-refractivity contribution < 1.29 is 13.5 Å². The second kappa shape index (κ2) is 6.59. The predicted octanol–water partition coefficient (Wildman–Crippen LogP) is 4.82. The Hall–Kier alpha value is -1.94. The number of ether oxygens (including phenoxy) is 1. The van der Waals surface area contributed by atoms with Crippen molar-refractivity contribution in [1.29, 1.82) is 0 Å². The molecule has 3 atom stereocenters. The van der Waals surface area contributed by atoms with E-state index in [-0.39, 0.29) is 11.7 Å². The molecule has 3 unspecified atom stereocenters. The van der Waals surface area contributed by atoms with Crippen LogP contribution in [0.15, 0.2) is 42.5 Å². The predicted molar refractivity (Wildman–Crippen MR) is 101 cm³/mol. The third kappa shape index (κ3) is 2.85. The average molecular weight is 369 g/mol. The molecule has 1 heterocycles. The van der Waals surface area contributed by atoms with E-state index in [1.807, 2.05) is 0 Å². The van der Waals surface area contributed by atoms with E-state index in [2.05, 4.69) is 23.1 Å². The maximum Gasteiger partial charge on any atom is 0.140 e. The van der Waals surface area contributed by atoms with Crippen LogP contribution in [0.25, 0.3) is 0 Å². The molecule has 2 aromatic carbocycles. The first-order valence-electron chi connectivity index (χ1n) is 10.1. The highest BCUT2D eigenvalue weighted by atomic mass is 19.1. The van der Waals surface area contributed by atoms with Gasteiger partial charge in [-0.05, 0) is 73.2 Å². The molecule has 2 nitrogen and oxygen atoms in total. The van der Waals surface area contributed by atoms with Crippen molar-refractivity contribution in [2.45, 2.75) is 37.3 Å². The van der Waals surface area contributed by atoms with Gasteiger partial charge in [-0.15, -0.1) is 0 Å². The smallest absolute Gasteiger partial charge is 0.140 e. The zero-order chi connectivity index (χ0) is 18.4. The number of aryl methyl sites for hydroxylation is 1. The highest BCUT2D eigenvalue weighted by molar-refractivity contribution is 5.49. The van der Waals surface area contributed by atoms with Gasteiger partial charge < -0.3 is 4.74 Å². The molecule has 0 bridgehead atoms. The van der Waals surface area contributed by atoms with Crippen LogP contribution in [-0.4, -0.2) is 31.1 Å². The number of piperidine rings is 1. The molecule has 0 radical (unpaired) electrons. The van der Waals surface area contributed by atoms with E-state index < -0.39 is 5.67 Å². The highest BCUT2D eigenvalue weighted by Crippen LogP contribution is 2.59. The van der Waals surface area contributed by atoms with Crippen molar-refractivity contribution in [3.8, 4) is 5.75 Å². The van der Waals surface area contributed by atoms with Gasteiger partial charge >= 0.3 is 0 Å². The van der Waals surface area contributed by atoms with Crippen molar-refractivity contribution in [2.24, 2.45) is 5.92 Å². The van der Waals surface area contributed by atoms with Crippen molar-refractivity contribution in [2.75, 3.05) is 26.2 Å². The van der Waals surface area contributed by atoms with E-state index in [1.54, 1.807) is 12.1 Å². The van der Waals surface area contributed by atoms with Crippen LogP contribution in [0.5, 0.6) is 5.75 Å². The summed E-state index contributed by atoms with van der Waals surface area (Å²) < 4.78 is 34.8. The lowest BCUT2D eigenvalue weighted by Gasteiger charge is -2.40. The van der Waals surface area contributed by atoms with E-state index in [9.17, 15) is 4.39 Å². The summed E-state index contributed by atoms with van der Waals surface area (Å²) in [5.74, 6) is 0.859. The third-order valence-electron chi connectivity index (χ3n) is 6.76. The van der Waals surface area contributed by atoms with Crippen LogP contribution in [0.4, 0.5) is 8.78 Å². The van der Waals surface area contributed by atoms with Gasteiger partial charge in [0, 0.05) is 24.9 Å². The number of rotatable bonds is 4. The van der Waals surface area contributed by atoms with Crippen molar-refractivity contribution in [3.05, 3.63) is 65.0 Å². The van der Waals surface area contributed by atoms with Crippen molar-refractivity contribution in [3.63, 3.8) is 0 Å². The van der Waals surface area contributed by atoms with Crippen LogP contribution in [0.3, 0.4) is 0 Å². The Bertz CT molecular complexity index is 837. The molecule has 0 aromatic heterocycles. The zero-order valence-electron chi connectivity index (χ0n) is 15.5. The topological polar surface area (TPSA) is 12.5 Å². The van der Waals surface area contributed by atoms with Crippen LogP contribution in [0.2, 0.25) is 0 Å². The Morgan fingerprint density at radius 1 is 1.15 bits per heavy atom. The zero-order valence-corrected chi connectivity index (χ0v) is 15.5. The number of hydrogen-bond acceptors (Lipinski definition) is 2. The van der Waals surface area contributed by atoms with Gasteiger partial charge in [-0.1, -0.05) is 18.2 Å². The molecular weight excluding hydrogens is 344 g/mol. The second-order valence-corrected chi connectivity index (χ2v) is 8.20. The monoisotopic (exact) mass is 369 g/mol. The highest BCUT2D eigenvalue weighted by Gasteiger charge is 2.55. The van der Waals surface area contributed by atoms with Crippen LogP contribution < -0.4 is 4.74 Å². The number of nitrogens with zero attached hydrogens (tertiary/aromatic N) is 1. The van der Waals surface area contributed by atoms with Gasteiger partial charge in [0.05, 0.1) is 0 Å². The summed E-state index contributed by atoms with van der Waals surface area (Å²) in [4.78, 5) is 2.39. The number of alkyl halides is 1. The van der Waals surface area contributed by atoms with Gasteiger partial charge in [-0.2, -0.15) is 0 Å². The second-order valence-electron chi connectivity index (χ2n) is 8.20. The van der Waals surface area contributed by atoms with Gasteiger partial charge in [0.25, 0.3) is 0 Å². The Kier molecular flexibility index (Phi) is 4.19. The summed E-state index contributed by atoms with van der Waals surface area (Å²) in [6.07, 6.45) is 3.58. The summed E-state index contributed by atoms with van der Waals surface area (Å²) in [6, 6.07) is 12.5. The first-order valence-corrected chi connectivity index (χ1v) is 10.1. The van der Waals surface area contributed by atoms with E-state index in [4.69, 9.17) is 4.74 Å². The van der Waals surface area contributed by atoms with Crippen molar-refractivity contribution in [1.82, 2.24) is 4.90 Å². The molecular formula is C23H25F2NO. The molecule has 0 spiro atoms. The summed E-state index contributed by atoms with van der Waals surface area (Å²) >= 11 is 0. The van der Waals surface area contributed by atoms with Crippen LogP contribution in [0, 0.1) is 11.7 Å². The van der Waals surface area contributed by atoms with Gasteiger partial charge in [-0.25, -0.2) is 8.78 Å². The lowest BCUT2D eigenvalue weighted by atomic mass is 9.74. The number of hydrogen-bond donors (Lipinski definition) is 0. The maximum atomic E-state index is 16.0. The maximum absolute atomic E-state index is 16.0. The normalized spacial score (nSPS) is 29.3. The Morgan fingerprint density at radius 2 is 2.00 bits per heavy atom. The molecule has 1 aliphatic heterocycles. The van der Waals surface area contributed by atoms with Crippen molar-refractivity contribution >= 4 is 0 Å². The molecule has 142 valence electrons. The lowest BCUT2D eigenvalue weighted by molar-refractivity contribution is 0.0192. The number of halogens is 2. The molecule has 3 aliphatic rings. The summed E-state index contributed by atoms with van der Waals surface area (Å²) in [7, 11) is 0. The minimum Gasteiger partial charge on any atom is -0.492 e. The van der Waals surface area contributed by atoms with Crippen LogP contribution >= 0.6 is 0 Å². The Labute approximate surface area is 159 Å². The molecule has 4 heteroatoms. The number of likely N-dealkylation sites (tertiary alicyclic amines) is 1. The first kappa shape index (κ1) is 17.2. The molecule has 0 saturated carbocycles. The summed E-state index contributed by atoms with van der Waals surface area (Å²) in [5.41, 5.74) is 2.42. The minimum absolute atomic E-state index is 0.128. The summed E-state index contributed by atoms with van der Waals surface area (Å²) in [6.45, 7) is 3.20. The number of fused-ring (bicyclic) bond motifs is 3. The molecule has 0 N–H and O–H groups in total. The molecule has 27 heavy (non-hydrogen) atoms. The van der Waals surface area contributed by atoms with E-state index in [0.717, 1.165) is 44.5 Å². The van der Waals surface area contributed by atoms with Crippen LogP contribution in [-0.2, 0) is 12.1 Å². The largest absolute Gasteiger partial charge is 0.492 e. The molecule has 2 aliphatic carbocycles. The molecule has 0 amide bonds. The third-order valence-corrected chi connectivity index (χ3v) is 6.76. The molecule has 5 rings (SSSR count). The van der Waals surface area contributed by atoms with E-state index in [0.29, 0.717) is 24.7 Å². The first-order chi connectivity index (χ1) is 13.1. The van der Waals surface area contributed by atoms with Crippen LogP contribution in [0.1, 0.15) is 41.9 Å². The number of benzene rings is 2. The fraction of sp³-hybridized carbons (Fsp3) is 0.478. The average Bonchev–Trinajstić information content (AvgIpc) is 2.94. The van der Waals surface area contributed by atoms with Gasteiger partial charge in [-0.3, -0.25) is 4.90 Å². The van der Waals surface area contributed by atoms with E-state index in [1.165, 1.54) is 23.3 Å². The fourth-order valence-corrected chi connectivity index (χ4v) is 5.58. The Balaban J connectivity index is 1.28. The lowest BCUT2D eigenvalue weighted by Crippen LogP contribution is -2.43. The fourth-order valence-electron chi connectivity index (χ4n) is 5.58. The molecule has 1 fully saturated rings. The minimum atomic E-state index is -1.11. The molecule has 2 aromatic rings. The standard InChI is InChI=1S/C23H25F2NO/c24-17-6-8-18(9-7-17)27-14-13-26-12-10-21-20(15-26)19-5-1-3-16-4-2-11-23(21,25)22(16)19/h1,3,5-9,20-21H,2,4,10-15H2. The molecule has 1 saturated heterocycles. The van der Waals surface area contributed by atoms with Gasteiger partial charge in [0.2, 0.25) is 0 Å². The quantitative estimate of drug-likeness (QED) is 0.766. The SMILES string of the molecule is Fc1ccc(OCCN2CCC3C(C2)c2cccc4c2C3(F)CCC4)cc1. The van der Waals surface area contributed by atoms with Gasteiger partial charge in [0.1, 0.15) is 23.8 Å². The van der Waals surface area contributed by atoms with Gasteiger partial charge in [0.15, 0.2) is 0 Å². The Morgan fingerprint density at radius 3 is 2.85 bits per heavy atom. The summed E-state index contributed by atoms with van der Waals surface area (Å²) in [5, 5.41) is 0.